The summed E-state index contributed by atoms with van der Waals surface area (Å²) in [5, 5.41) is 3.59. The van der Waals surface area contributed by atoms with Crippen molar-refractivity contribution >= 4 is 6.29 Å². The number of nitrogens with zero attached hydrogens (tertiary/aromatic N) is 2. The molecule has 0 aliphatic heterocycles. The molecule has 0 N–H and O–H groups in total. The highest BCUT2D eigenvalue weighted by molar-refractivity contribution is 5.81. The van der Waals surface area contributed by atoms with Gasteiger partial charge in [-0.15, -0.1) is 0 Å². The summed E-state index contributed by atoms with van der Waals surface area (Å²) in [6.45, 7) is 0. The van der Waals surface area contributed by atoms with Crippen LogP contribution in [0.5, 0.6) is 0 Å². The second-order valence-corrected chi connectivity index (χ2v) is 5.09. The van der Waals surface area contributed by atoms with Crippen molar-refractivity contribution in [3.63, 3.8) is 0 Å². The third-order valence-electron chi connectivity index (χ3n) is 3.41. The van der Waals surface area contributed by atoms with Crippen molar-refractivity contribution in [1.29, 1.82) is 0 Å². The quantitative estimate of drug-likeness (QED) is 0.520. The zero-order valence-electron chi connectivity index (χ0n) is 12.8. The summed E-state index contributed by atoms with van der Waals surface area (Å²) in [7, 11) is 0. The number of benzene rings is 2. The van der Waals surface area contributed by atoms with Gasteiger partial charge in [0.2, 0.25) is 0 Å². The number of carbonyl (C=O) groups is 1. The Labute approximate surface area is 141 Å². The maximum Gasteiger partial charge on any atom is 0.435 e. The lowest BCUT2D eigenvalue weighted by atomic mass is 10.1. The molecule has 0 bridgehead atoms. The molecule has 3 aromatic rings. The molecule has 1 heterocycles. The van der Waals surface area contributed by atoms with Crippen LogP contribution in [0.2, 0.25) is 0 Å². The van der Waals surface area contributed by atoms with E-state index in [2.05, 4.69) is 16.9 Å². The van der Waals surface area contributed by atoms with Gasteiger partial charge in [0.15, 0.2) is 12.0 Å². The summed E-state index contributed by atoms with van der Waals surface area (Å²) in [5.41, 5.74) is -0.909. The number of aldehydes is 1. The molecular weight excluding hydrogens is 329 g/mol. The average Bonchev–Trinajstić information content (AvgIpc) is 3.00. The molecule has 0 aliphatic carbocycles. The van der Waals surface area contributed by atoms with Crippen molar-refractivity contribution in [2.75, 3.05) is 0 Å². The summed E-state index contributed by atoms with van der Waals surface area (Å²) in [5.74, 6) is 5.43. The molecule has 0 saturated carbocycles. The van der Waals surface area contributed by atoms with Crippen LogP contribution in [-0.2, 0) is 6.18 Å². The Hall–Kier alpha value is -3.33. The van der Waals surface area contributed by atoms with E-state index in [-0.39, 0.29) is 12.0 Å². The van der Waals surface area contributed by atoms with Gasteiger partial charge in [-0.25, -0.2) is 4.68 Å². The van der Waals surface area contributed by atoms with Crippen molar-refractivity contribution in [2.45, 2.75) is 6.18 Å². The number of carbonyl (C=O) groups excluding carboxylic acids is 1. The minimum absolute atomic E-state index is 0.0996. The van der Waals surface area contributed by atoms with Gasteiger partial charge >= 0.3 is 6.18 Å². The zero-order chi connectivity index (χ0) is 17.9. The zero-order valence-corrected chi connectivity index (χ0v) is 12.8. The molecular formula is C19H11F3N2O. The summed E-state index contributed by atoms with van der Waals surface area (Å²) >= 11 is 0. The molecule has 124 valence electrons. The first-order valence-electron chi connectivity index (χ1n) is 7.28. The number of para-hydroxylation sites is 1. The molecule has 1 aromatic heterocycles. The second kappa shape index (κ2) is 6.65. The number of alkyl halides is 3. The minimum Gasteiger partial charge on any atom is -0.298 e. The van der Waals surface area contributed by atoms with Crippen molar-refractivity contribution in [1.82, 2.24) is 9.78 Å². The first kappa shape index (κ1) is 16.5. The second-order valence-electron chi connectivity index (χ2n) is 5.09. The van der Waals surface area contributed by atoms with E-state index in [0.717, 1.165) is 4.68 Å². The van der Waals surface area contributed by atoms with Crippen LogP contribution in [0, 0.1) is 11.8 Å². The van der Waals surface area contributed by atoms with E-state index < -0.39 is 17.4 Å². The minimum atomic E-state index is -4.75. The van der Waals surface area contributed by atoms with Gasteiger partial charge < -0.3 is 0 Å². The van der Waals surface area contributed by atoms with Gasteiger partial charge in [0, 0.05) is 5.56 Å². The fourth-order valence-electron chi connectivity index (χ4n) is 2.28. The molecule has 0 aliphatic rings. The normalized spacial score (nSPS) is 10.8. The van der Waals surface area contributed by atoms with Crippen LogP contribution in [0.1, 0.15) is 27.3 Å². The summed E-state index contributed by atoms with van der Waals surface area (Å²) in [6, 6.07) is 17.0. The van der Waals surface area contributed by atoms with E-state index in [4.69, 9.17) is 0 Å². The molecule has 0 unspecified atom stereocenters. The van der Waals surface area contributed by atoms with Gasteiger partial charge in [0.25, 0.3) is 0 Å². The molecule has 25 heavy (non-hydrogen) atoms. The Morgan fingerprint density at radius 1 is 0.920 bits per heavy atom. The van der Waals surface area contributed by atoms with Gasteiger partial charge in [0.1, 0.15) is 5.69 Å². The number of halogens is 3. The Kier molecular flexibility index (Phi) is 4.40. The van der Waals surface area contributed by atoms with Crippen molar-refractivity contribution in [3.8, 4) is 17.5 Å². The first-order valence-corrected chi connectivity index (χ1v) is 7.28. The Balaban J connectivity index is 2.23. The smallest absolute Gasteiger partial charge is 0.298 e. The molecule has 6 heteroatoms. The average molecular weight is 340 g/mol. The summed E-state index contributed by atoms with van der Waals surface area (Å²) in [4.78, 5) is 11.3. The van der Waals surface area contributed by atoms with E-state index in [0.29, 0.717) is 11.3 Å². The largest absolute Gasteiger partial charge is 0.435 e. The van der Waals surface area contributed by atoms with Gasteiger partial charge in [-0.1, -0.05) is 42.3 Å². The lowest BCUT2D eigenvalue weighted by Gasteiger charge is -2.03. The van der Waals surface area contributed by atoms with Crippen LogP contribution < -0.4 is 0 Å². The molecule has 0 fully saturated rings. The molecule has 0 spiro atoms. The fraction of sp³-hybridized carbons (Fsp3) is 0.0526. The SMILES string of the molecule is O=Cc1c(C(F)(F)F)nn(-c2ccccc2)c1C#Cc1ccccc1. The third kappa shape index (κ3) is 3.45. The number of rotatable bonds is 2. The monoisotopic (exact) mass is 340 g/mol. The van der Waals surface area contributed by atoms with E-state index in [1.807, 2.05) is 0 Å². The third-order valence-corrected chi connectivity index (χ3v) is 3.41. The highest BCUT2D eigenvalue weighted by atomic mass is 19.4. The molecule has 0 saturated heterocycles. The lowest BCUT2D eigenvalue weighted by molar-refractivity contribution is -0.141. The maximum absolute atomic E-state index is 13.2. The predicted molar refractivity (Wildman–Crippen MR) is 86.4 cm³/mol. The van der Waals surface area contributed by atoms with Crippen molar-refractivity contribution in [2.24, 2.45) is 0 Å². The van der Waals surface area contributed by atoms with Gasteiger partial charge in [-0.05, 0) is 30.2 Å². The fourth-order valence-corrected chi connectivity index (χ4v) is 2.28. The maximum atomic E-state index is 13.2. The molecule has 0 amide bonds. The first-order chi connectivity index (χ1) is 12.0. The van der Waals surface area contributed by atoms with Gasteiger partial charge in [0.05, 0.1) is 11.3 Å². The Morgan fingerprint density at radius 3 is 2.08 bits per heavy atom. The molecule has 3 rings (SSSR count). The highest BCUT2D eigenvalue weighted by Gasteiger charge is 2.39. The number of aromatic nitrogens is 2. The van der Waals surface area contributed by atoms with Gasteiger partial charge in [-0.3, -0.25) is 4.79 Å². The van der Waals surface area contributed by atoms with Crippen LogP contribution in [-0.4, -0.2) is 16.1 Å². The molecule has 0 radical (unpaired) electrons. The van der Waals surface area contributed by atoms with Gasteiger partial charge in [-0.2, -0.15) is 18.3 Å². The topological polar surface area (TPSA) is 34.9 Å². The van der Waals surface area contributed by atoms with Crippen LogP contribution in [0.25, 0.3) is 5.69 Å². The van der Waals surface area contributed by atoms with Crippen LogP contribution in [0.3, 0.4) is 0 Å². The standard InChI is InChI=1S/C19H11F3N2O/c20-19(21,22)18-16(13-25)17(12-11-14-7-3-1-4-8-14)24(23-18)15-9-5-2-6-10-15/h1-10,13H. The Morgan fingerprint density at radius 2 is 1.52 bits per heavy atom. The number of hydrogen-bond donors (Lipinski definition) is 0. The van der Waals surface area contributed by atoms with Crippen LogP contribution in [0.4, 0.5) is 13.2 Å². The van der Waals surface area contributed by atoms with Crippen molar-refractivity contribution < 1.29 is 18.0 Å². The summed E-state index contributed by atoms with van der Waals surface area (Å²) < 4.78 is 40.7. The summed E-state index contributed by atoms with van der Waals surface area (Å²) in [6.07, 6.45) is -4.61. The van der Waals surface area contributed by atoms with Crippen LogP contribution >= 0.6 is 0 Å². The van der Waals surface area contributed by atoms with E-state index in [1.165, 1.54) is 0 Å². The van der Waals surface area contributed by atoms with E-state index in [9.17, 15) is 18.0 Å². The van der Waals surface area contributed by atoms with E-state index >= 15 is 0 Å². The van der Waals surface area contributed by atoms with E-state index in [1.54, 1.807) is 60.7 Å². The Bertz CT molecular complexity index is 949. The molecule has 0 atom stereocenters. The number of hydrogen-bond acceptors (Lipinski definition) is 2. The molecule has 3 nitrogen and oxygen atoms in total. The predicted octanol–water partition coefficient (Wildman–Crippen LogP) is 4.10. The van der Waals surface area contributed by atoms with Crippen molar-refractivity contribution in [3.05, 3.63) is 83.2 Å². The molecule has 2 aromatic carbocycles. The lowest BCUT2D eigenvalue weighted by Crippen LogP contribution is -2.09. The van der Waals surface area contributed by atoms with Crippen LogP contribution in [0.15, 0.2) is 60.7 Å². The highest BCUT2D eigenvalue weighted by Crippen LogP contribution is 2.32.